The van der Waals surface area contributed by atoms with Crippen molar-refractivity contribution < 1.29 is 9.84 Å². The quantitative estimate of drug-likeness (QED) is 0.754. The average molecular weight is 274 g/mol. The Morgan fingerprint density at radius 3 is 2.68 bits per heavy atom. The number of H-pyrrole nitrogens is 1. The van der Waals surface area contributed by atoms with Crippen molar-refractivity contribution in [1.82, 2.24) is 4.98 Å². The molecule has 0 bridgehead atoms. The zero-order valence-corrected chi connectivity index (χ0v) is 10.8. The molecule has 1 heterocycles. The summed E-state index contributed by atoms with van der Waals surface area (Å²) >= 11 is 5.82. The molecule has 96 valence electrons. The van der Waals surface area contributed by atoms with Crippen LogP contribution in [-0.4, -0.2) is 10.1 Å². The highest BCUT2D eigenvalue weighted by atomic mass is 35.5. The van der Waals surface area contributed by atoms with Gasteiger partial charge in [0.25, 0.3) is 0 Å². The van der Waals surface area contributed by atoms with Gasteiger partial charge >= 0.3 is 0 Å². The summed E-state index contributed by atoms with van der Waals surface area (Å²) in [5.41, 5.74) is 1.94. The average Bonchev–Trinajstić information content (AvgIpc) is 2.80. The lowest BCUT2D eigenvalue weighted by Crippen LogP contribution is -1.93. The second-order valence-electron chi connectivity index (χ2n) is 4.29. The number of aromatic nitrogens is 1. The Bertz CT molecular complexity index is 704. The molecule has 4 heteroatoms. The van der Waals surface area contributed by atoms with Crippen LogP contribution in [0.4, 0.5) is 0 Å². The summed E-state index contributed by atoms with van der Waals surface area (Å²) in [5, 5.41) is 11.1. The summed E-state index contributed by atoms with van der Waals surface area (Å²) in [4.78, 5) is 3.11. The minimum absolute atomic E-state index is 0.250. The van der Waals surface area contributed by atoms with Crippen LogP contribution >= 0.6 is 11.6 Å². The number of nitrogens with one attached hydrogen (secondary N) is 1. The monoisotopic (exact) mass is 273 g/mol. The predicted octanol–water partition coefficient (Wildman–Crippen LogP) is 4.11. The lowest BCUT2D eigenvalue weighted by atomic mass is 10.2. The van der Waals surface area contributed by atoms with Gasteiger partial charge in [0.15, 0.2) is 0 Å². The molecule has 0 radical (unpaired) electrons. The fourth-order valence-electron chi connectivity index (χ4n) is 1.99. The van der Waals surface area contributed by atoms with Gasteiger partial charge in [0.2, 0.25) is 0 Å². The number of fused-ring (bicyclic) bond motifs is 1. The molecule has 0 unspecified atom stereocenters. The molecule has 0 fully saturated rings. The van der Waals surface area contributed by atoms with E-state index in [4.69, 9.17) is 16.3 Å². The van der Waals surface area contributed by atoms with Crippen molar-refractivity contribution in [3.8, 4) is 11.5 Å². The topological polar surface area (TPSA) is 45.2 Å². The Morgan fingerprint density at radius 2 is 1.89 bits per heavy atom. The molecular formula is C15H12ClNO2. The maximum atomic E-state index is 9.41. The number of phenols is 1. The Morgan fingerprint density at radius 1 is 1.11 bits per heavy atom. The first-order chi connectivity index (χ1) is 9.22. The van der Waals surface area contributed by atoms with Crippen molar-refractivity contribution >= 4 is 22.5 Å². The lowest BCUT2D eigenvalue weighted by molar-refractivity contribution is 0.307. The minimum atomic E-state index is 0.250. The molecule has 19 heavy (non-hydrogen) atoms. The molecule has 2 aromatic carbocycles. The van der Waals surface area contributed by atoms with Gasteiger partial charge in [-0.15, -0.1) is 0 Å². The molecular weight excluding hydrogens is 262 g/mol. The normalized spacial score (nSPS) is 10.8. The Labute approximate surface area is 115 Å². The van der Waals surface area contributed by atoms with Gasteiger partial charge in [-0.3, -0.25) is 0 Å². The molecule has 0 amide bonds. The van der Waals surface area contributed by atoms with E-state index in [1.807, 2.05) is 24.4 Å². The Hall–Kier alpha value is -2.13. The Kier molecular flexibility index (Phi) is 3.05. The van der Waals surface area contributed by atoms with Crippen LogP contribution in [0.3, 0.4) is 0 Å². The van der Waals surface area contributed by atoms with Crippen LogP contribution in [0.2, 0.25) is 5.02 Å². The van der Waals surface area contributed by atoms with Gasteiger partial charge in [0.05, 0.1) is 0 Å². The molecule has 0 spiro atoms. The summed E-state index contributed by atoms with van der Waals surface area (Å²) in [6.07, 6.45) is 1.89. The van der Waals surface area contributed by atoms with Crippen molar-refractivity contribution in [1.29, 1.82) is 0 Å². The van der Waals surface area contributed by atoms with Crippen LogP contribution in [0.15, 0.2) is 48.7 Å². The fraction of sp³-hybridized carbons (Fsp3) is 0.0667. The van der Waals surface area contributed by atoms with Gasteiger partial charge in [-0.25, -0.2) is 0 Å². The third-order valence-corrected chi connectivity index (χ3v) is 3.21. The first kappa shape index (κ1) is 11.9. The van der Waals surface area contributed by atoms with Gasteiger partial charge in [0.1, 0.15) is 18.1 Å². The molecule has 0 aliphatic rings. The third kappa shape index (κ3) is 2.51. The zero-order chi connectivity index (χ0) is 13.2. The highest BCUT2D eigenvalue weighted by Gasteiger charge is 2.05. The molecule has 0 saturated heterocycles. The molecule has 0 aliphatic heterocycles. The number of hydrogen-bond acceptors (Lipinski definition) is 2. The van der Waals surface area contributed by atoms with E-state index >= 15 is 0 Å². The number of halogens is 1. The smallest absolute Gasteiger partial charge is 0.119 e. The SMILES string of the molecule is Oc1ccc2c(COc3ccc(Cl)cc3)c[nH]c2c1. The molecule has 0 atom stereocenters. The van der Waals surface area contributed by atoms with Crippen LogP contribution in [0.1, 0.15) is 5.56 Å². The number of ether oxygens (including phenoxy) is 1. The van der Waals surface area contributed by atoms with Gasteiger partial charge in [-0.1, -0.05) is 11.6 Å². The standard InChI is InChI=1S/C15H12ClNO2/c16-11-1-4-13(5-2-11)19-9-10-8-17-15-7-12(18)3-6-14(10)15/h1-8,17-18H,9H2. The van der Waals surface area contributed by atoms with Crippen LogP contribution in [0.25, 0.3) is 10.9 Å². The number of aromatic hydroxyl groups is 1. The summed E-state index contributed by atoms with van der Waals surface area (Å²) in [6, 6.07) is 12.5. The van der Waals surface area contributed by atoms with Gasteiger partial charge in [0, 0.05) is 33.8 Å². The van der Waals surface area contributed by atoms with Crippen molar-refractivity contribution in [2.75, 3.05) is 0 Å². The van der Waals surface area contributed by atoms with E-state index < -0.39 is 0 Å². The number of phenolic OH excluding ortho intramolecular Hbond substituents is 1. The van der Waals surface area contributed by atoms with E-state index in [9.17, 15) is 5.11 Å². The Balaban J connectivity index is 1.80. The van der Waals surface area contributed by atoms with E-state index in [-0.39, 0.29) is 5.75 Å². The number of aromatic amines is 1. The fourth-order valence-corrected chi connectivity index (χ4v) is 2.11. The molecule has 1 aromatic heterocycles. The predicted molar refractivity (Wildman–Crippen MR) is 75.7 cm³/mol. The first-order valence-electron chi connectivity index (χ1n) is 5.90. The van der Waals surface area contributed by atoms with Crippen molar-refractivity contribution in [2.24, 2.45) is 0 Å². The third-order valence-electron chi connectivity index (χ3n) is 2.96. The maximum absolute atomic E-state index is 9.41. The van der Waals surface area contributed by atoms with E-state index in [1.165, 1.54) is 0 Å². The van der Waals surface area contributed by atoms with E-state index in [0.717, 1.165) is 22.2 Å². The van der Waals surface area contributed by atoms with E-state index in [0.29, 0.717) is 11.6 Å². The number of benzene rings is 2. The highest BCUT2D eigenvalue weighted by molar-refractivity contribution is 6.30. The van der Waals surface area contributed by atoms with Crippen molar-refractivity contribution in [2.45, 2.75) is 6.61 Å². The minimum Gasteiger partial charge on any atom is -0.508 e. The van der Waals surface area contributed by atoms with Gasteiger partial charge in [-0.2, -0.15) is 0 Å². The van der Waals surface area contributed by atoms with Crippen LogP contribution in [0, 0.1) is 0 Å². The molecule has 3 aromatic rings. The van der Waals surface area contributed by atoms with Crippen LogP contribution in [0.5, 0.6) is 11.5 Å². The maximum Gasteiger partial charge on any atom is 0.119 e. The first-order valence-corrected chi connectivity index (χ1v) is 6.27. The number of hydrogen-bond donors (Lipinski definition) is 2. The second-order valence-corrected chi connectivity index (χ2v) is 4.72. The highest BCUT2D eigenvalue weighted by Crippen LogP contribution is 2.24. The molecule has 3 nitrogen and oxygen atoms in total. The lowest BCUT2D eigenvalue weighted by Gasteiger charge is -2.05. The van der Waals surface area contributed by atoms with Crippen LogP contribution in [-0.2, 0) is 6.61 Å². The van der Waals surface area contributed by atoms with Gasteiger partial charge < -0.3 is 14.8 Å². The summed E-state index contributed by atoms with van der Waals surface area (Å²) in [7, 11) is 0. The summed E-state index contributed by atoms with van der Waals surface area (Å²) in [5.74, 6) is 1.03. The molecule has 0 saturated carbocycles. The van der Waals surface area contributed by atoms with E-state index in [2.05, 4.69) is 4.98 Å². The molecule has 3 rings (SSSR count). The van der Waals surface area contributed by atoms with Crippen molar-refractivity contribution in [3.05, 3.63) is 59.2 Å². The largest absolute Gasteiger partial charge is 0.508 e. The summed E-state index contributed by atoms with van der Waals surface area (Å²) in [6.45, 7) is 0.465. The van der Waals surface area contributed by atoms with E-state index in [1.54, 1.807) is 24.3 Å². The summed E-state index contributed by atoms with van der Waals surface area (Å²) < 4.78 is 5.70. The van der Waals surface area contributed by atoms with Gasteiger partial charge in [-0.05, 0) is 36.4 Å². The zero-order valence-electron chi connectivity index (χ0n) is 10.1. The van der Waals surface area contributed by atoms with Crippen LogP contribution < -0.4 is 4.74 Å². The van der Waals surface area contributed by atoms with Crippen molar-refractivity contribution in [3.63, 3.8) is 0 Å². The second kappa shape index (κ2) is 4.86. The molecule has 2 N–H and O–H groups in total. The number of rotatable bonds is 3. The molecule has 0 aliphatic carbocycles.